The van der Waals surface area contributed by atoms with Crippen molar-refractivity contribution < 1.29 is 0 Å². The smallest absolute Gasteiger partial charge is 0.0949 e. The number of hydrogen-bond acceptors (Lipinski definition) is 2. The number of nitrogens with zero attached hydrogens (tertiary/aromatic N) is 3. The Morgan fingerprint density at radius 1 is 1.21 bits per heavy atom. The maximum absolute atomic E-state index is 4.14. The average Bonchev–Trinajstić information content (AvgIpc) is 3.10. The van der Waals surface area contributed by atoms with Crippen LogP contribution in [0, 0.1) is 0 Å². The van der Waals surface area contributed by atoms with Gasteiger partial charge in [0.1, 0.15) is 0 Å². The van der Waals surface area contributed by atoms with Crippen LogP contribution in [-0.4, -0.2) is 22.6 Å². The molecular formula is C16H21N3. The molecule has 19 heavy (non-hydrogen) atoms. The highest BCUT2D eigenvalue weighted by Crippen LogP contribution is 2.27. The van der Waals surface area contributed by atoms with Crippen LogP contribution in [0.3, 0.4) is 0 Å². The predicted molar refractivity (Wildman–Crippen MR) is 78.6 cm³/mol. The summed E-state index contributed by atoms with van der Waals surface area (Å²) in [6, 6.07) is 9.58. The third-order valence-corrected chi connectivity index (χ3v) is 4.03. The van der Waals surface area contributed by atoms with Crippen molar-refractivity contribution in [3.63, 3.8) is 0 Å². The Bertz CT molecular complexity index is 513. The molecule has 1 atom stereocenters. The van der Waals surface area contributed by atoms with Crippen LogP contribution in [0.2, 0.25) is 0 Å². The van der Waals surface area contributed by atoms with Gasteiger partial charge in [-0.2, -0.15) is 0 Å². The normalized spacial score (nSPS) is 19.3. The summed E-state index contributed by atoms with van der Waals surface area (Å²) in [5.74, 6) is 0.603. The third kappa shape index (κ3) is 2.50. The molecule has 0 amide bonds. The van der Waals surface area contributed by atoms with E-state index in [9.17, 15) is 0 Å². The van der Waals surface area contributed by atoms with E-state index in [1.54, 1.807) is 0 Å². The summed E-state index contributed by atoms with van der Waals surface area (Å²) < 4.78 is 2.22. The van der Waals surface area contributed by atoms with Crippen LogP contribution in [0.5, 0.6) is 0 Å². The molecule has 3 nitrogen and oxygen atoms in total. The van der Waals surface area contributed by atoms with E-state index in [1.165, 1.54) is 17.7 Å². The lowest BCUT2D eigenvalue weighted by molar-refractivity contribution is 0.551. The van der Waals surface area contributed by atoms with Gasteiger partial charge in [-0.25, -0.2) is 4.98 Å². The largest absolute Gasteiger partial charge is 0.369 e. The van der Waals surface area contributed by atoms with E-state index in [2.05, 4.69) is 58.8 Å². The molecule has 1 aliphatic heterocycles. The zero-order chi connectivity index (χ0) is 13.2. The molecule has 2 heterocycles. The number of anilines is 1. The standard InChI is InChI=1S/C16H21N3/c1-13(2)14-3-5-15(6-4-14)18-9-7-16(11-18)19-10-8-17-12-19/h3-6,8,10,12-13,16H,7,9,11H2,1-2H3/t16-/m1/s1. The quantitative estimate of drug-likeness (QED) is 0.837. The van der Waals surface area contributed by atoms with Gasteiger partial charge >= 0.3 is 0 Å². The minimum atomic E-state index is 0.562. The van der Waals surface area contributed by atoms with E-state index in [4.69, 9.17) is 0 Å². The topological polar surface area (TPSA) is 21.1 Å². The van der Waals surface area contributed by atoms with Crippen LogP contribution in [0.1, 0.15) is 37.8 Å². The number of benzene rings is 1. The number of imidazole rings is 1. The molecule has 0 saturated carbocycles. The second-order valence-electron chi connectivity index (χ2n) is 5.64. The summed E-state index contributed by atoms with van der Waals surface area (Å²) in [7, 11) is 0. The van der Waals surface area contributed by atoms with Gasteiger partial charge in [-0.05, 0) is 30.0 Å². The Morgan fingerprint density at radius 2 is 2.00 bits per heavy atom. The van der Waals surface area contributed by atoms with Crippen LogP contribution in [0.25, 0.3) is 0 Å². The second-order valence-corrected chi connectivity index (χ2v) is 5.64. The van der Waals surface area contributed by atoms with Crippen molar-refractivity contribution in [2.75, 3.05) is 18.0 Å². The fourth-order valence-electron chi connectivity index (χ4n) is 2.78. The van der Waals surface area contributed by atoms with E-state index in [0.29, 0.717) is 12.0 Å². The molecule has 3 heteroatoms. The molecule has 1 aliphatic rings. The van der Waals surface area contributed by atoms with Gasteiger partial charge in [-0.3, -0.25) is 0 Å². The molecular weight excluding hydrogens is 234 g/mol. The highest BCUT2D eigenvalue weighted by Gasteiger charge is 2.23. The molecule has 1 saturated heterocycles. The minimum Gasteiger partial charge on any atom is -0.369 e. The summed E-state index contributed by atoms with van der Waals surface area (Å²) in [6.07, 6.45) is 7.05. The van der Waals surface area contributed by atoms with Crippen molar-refractivity contribution in [1.29, 1.82) is 0 Å². The zero-order valence-corrected chi connectivity index (χ0v) is 11.7. The summed E-state index contributed by atoms with van der Waals surface area (Å²) in [5, 5.41) is 0. The fraction of sp³-hybridized carbons (Fsp3) is 0.438. The Labute approximate surface area is 114 Å². The molecule has 0 radical (unpaired) electrons. The molecule has 0 unspecified atom stereocenters. The molecule has 1 fully saturated rings. The number of rotatable bonds is 3. The maximum Gasteiger partial charge on any atom is 0.0949 e. The first kappa shape index (κ1) is 12.3. The molecule has 1 aromatic carbocycles. The van der Waals surface area contributed by atoms with Crippen molar-refractivity contribution in [3.05, 3.63) is 48.5 Å². The summed E-state index contributed by atoms with van der Waals surface area (Å²) in [5.41, 5.74) is 2.75. The molecule has 0 N–H and O–H groups in total. The van der Waals surface area contributed by atoms with Crippen LogP contribution >= 0.6 is 0 Å². The molecule has 100 valence electrons. The Hall–Kier alpha value is -1.77. The lowest BCUT2D eigenvalue weighted by atomic mass is 10.0. The van der Waals surface area contributed by atoms with Gasteiger partial charge in [0.25, 0.3) is 0 Å². The Balaban J connectivity index is 1.70. The second kappa shape index (κ2) is 5.08. The van der Waals surface area contributed by atoms with Crippen molar-refractivity contribution in [2.45, 2.75) is 32.2 Å². The molecule has 1 aromatic heterocycles. The first-order valence-electron chi connectivity index (χ1n) is 7.06. The minimum absolute atomic E-state index is 0.562. The van der Waals surface area contributed by atoms with Crippen LogP contribution < -0.4 is 4.90 Å². The summed E-state index contributed by atoms with van der Waals surface area (Å²) in [4.78, 5) is 6.61. The number of aromatic nitrogens is 2. The van der Waals surface area contributed by atoms with Crippen LogP contribution in [-0.2, 0) is 0 Å². The van der Waals surface area contributed by atoms with E-state index in [0.717, 1.165) is 13.1 Å². The monoisotopic (exact) mass is 255 g/mol. The van der Waals surface area contributed by atoms with E-state index in [1.807, 2.05) is 12.5 Å². The summed E-state index contributed by atoms with van der Waals surface area (Å²) in [6.45, 7) is 6.68. The lowest BCUT2D eigenvalue weighted by Gasteiger charge is -2.19. The predicted octanol–water partition coefficient (Wildman–Crippen LogP) is 3.46. The van der Waals surface area contributed by atoms with Crippen molar-refractivity contribution in [2.24, 2.45) is 0 Å². The van der Waals surface area contributed by atoms with Gasteiger partial charge in [0, 0.05) is 31.2 Å². The first-order valence-corrected chi connectivity index (χ1v) is 7.06. The number of hydrogen-bond donors (Lipinski definition) is 0. The zero-order valence-electron chi connectivity index (χ0n) is 11.7. The highest BCUT2D eigenvalue weighted by molar-refractivity contribution is 5.49. The van der Waals surface area contributed by atoms with Gasteiger partial charge in [0.2, 0.25) is 0 Å². The molecule has 2 aromatic rings. The highest BCUT2D eigenvalue weighted by atomic mass is 15.2. The van der Waals surface area contributed by atoms with Crippen molar-refractivity contribution in [1.82, 2.24) is 9.55 Å². The first-order chi connectivity index (χ1) is 9.24. The van der Waals surface area contributed by atoms with Crippen molar-refractivity contribution in [3.8, 4) is 0 Å². The maximum atomic E-state index is 4.14. The lowest BCUT2D eigenvalue weighted by Crippen LogP contribution is -2.20. The fourth-order valence-corrected chi connectivity index (χ4v) is 2.78. The Morgan fingerprint density at radius 3 is 2.63 bits per heavy atom. The van der Waals surface area contributed by atoms with Gasteiger partial charge in [-0.1, -0.05) is 26.0 Å². The van der Waals surface area contributed by atoms with E-state index >= 15 is 0 Å². The summed E-state index contributed by atoms with van der Waals surface area (Å²) >= 11 is 0. The third-order valence-electron chi connectivity index (χ3n) is 4.03. The van der Waals surface area contributed by atoms with Gasteiger partial charge < -0.3 is 9.47 Å². The SMILES string of the molecule is CC(C)c1ccc(N2CC[C@@H](n3ccnc3)C2)cc1. The Kier molecular flexibility index (Phi) is 3.28. The average molecular weight is 255 g/mol. The molecule has 0 bridgehead atoms. The van der Waals surface area contributed by atoms with E-state index in [-0.39, 0.29) is 0 Å². The van der Waals surface area contributed by atoms with Gasteiger partial charge in [-0.15, -0.1) is 0 Å². The van der Waals surface area contributed by atoms with Crippen LogP contribution in [0.15, 0.2) is 43.0 Å². The molecule has 0 spiro atoms. The molecule has 0 aliphatic carbocycles. The van der Waals surface area contributed by atoms with Crippen molar-refractivity contribution >= 4 is 5.69 Å². The van der Waals surface area contributed by atoms with E-state index < -0.39 is 0 Å². The van der Waals surface area contributed by atoms with Crippen LogP contribution in [0.4, 0.5) is 5.69 Å². The molecule has 3 rings (SSSR count). The van der Waals surface area contributed by atoms with Gasteiger partial charge in [0.15, 0.2) is 0 Å². The van der Waals surface area contributed by atoms with Gasteiger partial charge in [0.05, 0.1) is 12.4 Å².